The predicted molar refractivity (Wildman–Crippen MR) is 136 cm³/mol. The van der Waals surface area contributed by atoms with E-state index in [2.05, 4.69) is 5.32 Å². The van der Waals surface area contributed by atoms with Crippen LogP contribution in [-0.2, 0) is 35.6 Å². The maximum Gasteiger partial charge on any atom is 0.422 e. The SMILES string of the molecule is Cc1ccc(S(=O)(=O)N(C)CC(=O)N[C@@H](Cc2ccc(OC(=O)N3CCSC(=O)C3=O)cc2)C(=O)O)cc1. The van der Waals surface area contributed by atoms with E-state index in [9.17, 15) is 37.5 Å². The second-order valence-electron chi connectivity index (χ2n) is 8.34. The number of sulfonamides is 1. The first-order valence-corrected chi connectivity index (χ1v) is 13.7. The maximum absolute atomic E-state index is 12.7. The molecule has 14 heteroatoms. The van der Waals surface area contributed by atoms with Crippen molar-refractivity contribution in [3.63, 3.8) is 0 Å². The van der Waals surface area contributed by atoms with Gasteiger partial charge < -0.3 is 15.2 Å². The van der Waals surface area contributed by atoms with E-state index in [-0.39, 0.29) is 29.4 Å². The van der Waals surface area contributed by atoms with E-state index in [4.69, 9.17) is 4.74 Å². The lowest BCUT2D eigenvalue weighted by atomic mass is 10.1. The van der Waals surface area contributed by atoms with Crippen molar-refractivity contribution in [2.75, 3.05) is 25.9 Å². The number of likely N-dealkylation sites (N-methyl/N-ethyl adjacent to an activating group) is 1. The second kappa shape index (κ2) is 12.2. The Labute approximate surface area is 223 Å². The average molecular weight is 564 g/mol. The molecule has 12 nitrogen and oxygen atoms in total. The molecule has 1 aliphatic heterocycles. The smallest absolute Gasteiger partial charge is 0.422 e. The highest BCUT2D eigenvalue weighted by Crippen LogP contribution is 2.18. The van der Waals surface area contributed by atoms with Crippen LogP contribution in [0.3, 0.4) is 0 Å². The van der Waals surface area contributed by atoms with Crippen LogP contribution in [0, 0.1) is 6.92 Å². The van der Waals surface area contributed by atoms with Gasteiger partial charge in [-0.1, -0.05) is 41.6 Å². The number of nitrogens with zero attached hydrogens (tertiary/aromatic N) is 2. The van der Waals surface area contributed by atoms with Crippen LogP contribution in [0.2, 0.25) is 0 Å². The van der Waals surface area contributed by atoms with Crippen molar-refractivity contribution < 1.29 is 42.2 Å². The van der Waals surface area contributed by atoms with Crippen molar-refractivity contribution in [1.29, 1.82) is 0 Å². The number of carboxylic acid groups (broad SMARTS) is 1. The van der Waals surface area contributed by atoms with Gasteiger partial charge in [0.05, 0.1) is 11.4 Å². The summed E-state index contributed by atoms with van der Waals surface area (Å²) < 4.78 is 31.3. The van der Waals surface area contributed by atoms with Gasteiger partial charge >= 0.3 is 18.0 Å². The normalized spacial score (nSPS) is 14.8. The summed E-state index contributed by atoms with van der Waals surface area (Å²) >= 11 is 0.823. The summed E-state index contributed by atoms with van der Waals surface area (Å²) in [6.45, 7) is 1.25. The number of carbonyl (C=O) groups excluding carboxylic acids is 4. The molecule has 202 valence electrons. The number of carbonyl (C=O) groups is 5. The number of aliphatic carboxylic acids is 1. The number of hydrogen-bond donors (Lipinski definition) is 2. The van der Waals surface area contributed by atoms with Gasteiger partial charge in [-0.25, -0.2) is 22.9 Å². The molecule has 1 atom stereocenters. The van der Waals surface area contributed by atoms with Crippen LogP contribution in [0.4, 0.5) is 4.79 Å². The minimum atomic E-state index is -3.96. The number of thioether (sulfide) groups is 1. The van der Waals surface area contributed by atoms with Gasteiger partial charge in [-0.05, 0) is 36.8 Å². The van der Waals surface area contributed by atoms with E-state index in [1.54, 1.807) is 19.1 Å². The fraction of sp³-hybridized carbons (Fsp3) is 0.292. The van der Waals surface area contributed by atoms with Crippen molar-refractivity contribution >= 4 is 50.8 Å². The number of imide groups is 1. The number of benzene rings is 2. The molecule has 0 radical (unpaired) electrons. The van der Waals surface area contributed by atoms with Crippen molar-refractivity contribution in [3.05, 3.63) is 59.7 Å². The molecule has 38 heavy (non-hydrogen) atoms. The highest BCUT2D eigenvalue weighted by atomic mass is 32.2. The molecular weight excluding hydrogens is 538 g/mol. The van der Waals surface area contributed by atoms with E-state index < -0.39 is 51.6 Å². The topological polar surface area (TPSA) is 167 Å². The van der Waals surface area contributed by atoms with Crippen LogP contribution in [0.1, 0.15) is 11.1 Å². The quantitative estimate of drug-likeness (QED) is 0.421. The zero-order chi connectivity index (χ0) is 28.0. The Kier molecular flexibility index (Phi) is 9.25. The molecule has 0 spiro atoms. The Morgan fingerprint density at radius 2 is 1.74 bits per heavy atom. The van der Waals surface area contributed by atoms with Crippen molar-refractivity contribution in [3.8, 4) is 5.75 Å². The molecule has 2 aromatic rings. The van der Waals surface area contributed by atoms with Crippen LogP contribution < -0.4 is 10.1 Å². The van der Waals surface area contributed by atoms with Gasteiger partial charge in [-0.15, -0.1) is 0 Å². The molecule has 0 aliphatic carbocycles. The van der Waals surface area contributed by atoms with Gasteiger partial charge in [0.2, 0.25) is 15.9 Å². The highest BCUT2D eigenvalue weighted by molar-refractivity contribution is 8.15. The third-order valence-corrected chi connectivity index (χ3v) is 8.13. The van der Waals surface area contributed by atoms with E-state index in [1.165, 1.54) is 43.4 Å². The zero-order valence-electron chi connectivity index (χ0n) is 20.4. The Morgan fingerprint density at radius 3 is 2.34 bits per heavy atom. The summed E-state index contributed by atoms with van der Waals surface area (Å²) in [5, 5.41) is 11.1. The monoisotopic (exact) mass is 563 g/mol. The first kappa shape index (κ1) is 28.8. The lowest BCUT2D eigenvalue weighted by molar-refractivity contribution is -0.141. The number of hydrogen-bond acceptors (Lipinski definition) is 9. The van der Waals surface area contributed by atoms with E-state index in [0.717, 1.165) is 21.6 Å². The lowest BCUT2D eigenvalue weighted by Crippen LogP contribution is -2.47. The highest BCUT2D eigenvalue weighted by Gasteiger charge is 2.33. The summed E-state index contributed by atoms with van der Waals surface area (Å²) in [6.07, 6.45) is -1.14. The van der Waals surface area contributed by atoms with Crippen LogP contribution in [0.25, 0.3) is 0 Å². The minimum Gasteiger partial charge on any atom is -0.480 e. The molecule has 3 amide bonds. The Morgan fingerprint density at radius 1 is 1.11 bits per heavy atom. The molecule has 1 saturated heterocycles. The number of rotatable bonds is 9. The molecule has 0 unspecified atom stereocenters. The van der Waals surface area contributed by atoms with Crippen LogP contribution in [-0.4, -0.2) is 83.7 Å². The molecule has 1 aliphatic rings. The van der Waals surface area contributed by atoms with Crippen LogP contribution in [0.15, 0.2) is 53.4 Å². The number of nitrogens with one attached hydrogen (secondary N) is 1. The van der Waals surface area contributed by atoms with Gasteiger partial charge in [0, 0.05) is 25.8 Å². The molecule has 1 heterocycles. The van der Waals surface area contributed by atoms with Crippen molar-refractivity contribution in [1.82, 2.24) is 14.5 Å². The largest absolute Gasteiger partial charge is 0.480 e. The molecule has 0 saturated carbocycles. The lowest BCUT2D eigenvalue weighted by Gasteiger charge is -2.22. The molecule has 2 aromatic carbocycles. The van der Waals surface area contributed by atoms with Gasteiger partial charge in [0.25, 0.3) is 5.12 Å². The summed E-state index contributed by atoms with van der Waals surface area (Å²) in [7, 11) is -2.74. The van der Waals surface area contributed by atoms with E-state index in [1.807, 2.05) is 0 Å². The molecule has 1 fully saturated rings. The minimum absolute atomic E-state index is 0.00381. The Hall–Kier alpha value is -3.75. The van der Waals surface area contributed by atoms with Gasteiger partial charge in [0.15, 0.2) is 0 Å². The summed E-state index contributed by atoms with van der Waals surface area (Å²) in [5.74, 6) is -2.76. The maximum atomic E-state index is 12.7. The number of amides is 3. The molecule has 2 N–H and O–H groups in total. The molecule has 3 rings (SSSR count). The van der Waals surface area contributed by atoms with Gasteiger partial charge in [0.1, 0.15) is 11.8 Å². The molecule has 0 bridgehead atoms. The zero-order valence-corrected chi connectivity index (χ0v) is 22.1. The third-order valence-electron chi connectivity index (χ3n) is 5.49. The van der Waals surface area contributed by atoms with Crippen LogP contribution in [0.5, 0.6) is 5.75 Å². The summed E-state index contributed by atoms with van der Waals surface area (Å²) in [4.78, 5) is 60.4. The molecule has 0 aromatic heterocycles. The standard InChI is InChI=1S/C24H25N3O9S2/c1-15-3-9-18(10-4-15)38(34,35)26(2)14-20(28)25-19(22(30)31)13-16-5-7-17(8-6-16)36-24(33)27-11-12-37-23(32)21(27)29/h3-10,19H,11-14H2,1-2H3,(H,25,28)(H,30,31)/t19-/m0/s1. The van der Waals surface area contributed by atoms with Crippen molar-refractivity contribution in [2.24, 2.45) is 0 Å². The summed E-state index contributed by atoms with van der Waals surface area (Å²) in [5.41, 5.74) is 1.34. The van der Waals surface area contributed by atoms with E-state index >= 15 is 0 Å². The number of aryl methyl sites for hydroxylation is 1. The van der Waals surface area contributed by atoms with Gasteiger partial charge in [-0.2, -0.15) is 4.31 Å². The molecular formula is C24H25N3O9S2. The number of carboxylic acids is 1. The first-order chi connectivity index (χ1) is 17.9. The average Bonchev–Trinajstić information content (AvgIpc) is 2.86. The fourth-order valence-electron chi connectivity index (χ4n) is 3.38. The van der Waals surface area contributed by atoms with Crippen molar-refractivity contribution in [2.45, 2.75) is 24.3 Å². The Bertz CT molecular complexity index is 1340. The second-order valence-corrected chi connectivity index (χ2v) is 11.5. The number of ether oxygens (including phenoxy) is 1. The third kappa shape index (κ3) is 7.18. The predicted octanol–water partition coefficient (Wildman–Crippen LogP) is 1.03. The van der Waals surface area contributed by atoms with Gasteiger partial charge in [-0.3, -0.25) is 14.4 Å². The first-order valence-electron chi connectivity index (χ1n) is 11.2. The fourth-order valence-corrected chi connectivity index (χ4v) is 5.20. The summed E-state index contributed by atoms with van der Waals surface area (Å²) in [6, 6.07) is 10.4. The Balaban J connectivity index is 1.58. The van der Waals surface area contributed by atoms with Crippen LogP contribution >= 0.6 is 11.8 Å². The van der Waals surface area contributed by atoms with E-state index in [0.29, 0.717) is 10.5 Å².